The number of ether oxygens (including phenoxy) is 2. The number of hydrogen-bond acceptors (Lipinski definition) is 5. The van der Waals surface area contributed by atoms with Gasteiger partial charge in [0.05, 0.1) is 29.4 Å². The van der Waals surface area contributed by atoms with Gasteiger partial charge in [-0.2, -0.15) is 0 Å². The molecule has 2 heterocycles. The number of pyridine rings is 1. The van der Waals surface area contributed by atoms with Crippen molar-refractivity contribution in [2.24, 2.45) is 0 Å². The van der Waals surface area contributed by atoms with Gasteiger partial charge in [-0.05, 0) is 25.5 Å². The normalized spacial score (nSPS) is 19.4. The molecule has 1 fully saturated rings. The Hall–Kier alpha value is -2.64. The van der Waals surface area contributed by atoms with Crippen LogP contribution >= 0.6 is 12.2 Å². The molecule has 0 amide bonds. The number of nitrogens with one attached hydrogen (secondary N) is 1. The van der Waals surface area contributed by atoms with E-state index in [2.05, 4.69) is 50.2 Å². The van der Waals surface area contributed by atoms with Gasteiger partial charge < -0.3 is 19.6 Å². The molecular formula is C26H32BN3O2S. The van der Waals surface area contributed by atoms with Crippen molar-refractivity contribution in [3.05, 3.63) is 54.6 Å². The Labute approximate surface area is 202 Å². The minimum atomic E-state index is 0.0533. The van der Waals surface area contributed by atoms with Gasteiger partial charge in [0.2, 0.25) is 0 Å². The number of methoxy groups -OCH3 is 1. The van der Waals surface area contributed by atoms with Gasteiger partial charge in [-0.15, -0.1) is 0 Å². The zero-order valence-electron chi connectivity index (χ0n) is 19.9. The van der Waals surface area contributed by atoms with E-state index in [0.29, 0.717) is 6.04 Å². The largest absolute Gasteiger partial charge is 0.497 e. The van der Waals surface area contributed by atoms with Crippen LogP contribution in [0.25, 0.3) is 22.2 Å². The van der Waals surface area contributed by atoms with Crippen LogP contribution in [0.2, 0.25) is 0 Å². The molecule has 3 atom stereocenters. The van der Waals surface area contributed by atoms with Gasteiger partial charge in [0.1, 0.15) is 17.6 Å². The molecule has 0 unspecified atom stereocenters. The van der Waals surface area contributed by atoms with E-state index in [4.69, 9.17) is 26.7 Å². The first-order valence-corrected chi connectivity index (χ1v) is 12.1. The molecule has 1 aliphatic rings. The summed E-state index contributed by atoms with van der Waals surface area (Å²) in [5, 5.41) is 4.51. The first-order valence-electron chi connectivity index (χ1n) is 11.7. The van der Waals surface area contributed by atoms with Crippen molar-refractivity contribution < 1.29 is 9.47 Å². The molecular weight excluding hydrogens is 429 g/mol. The standard InChI is InChI=1S/C26H32BN3O2S/c1-4-8-17(2)28-26(33)24-14-20(16-30(24)27)32-25-15-22(18-9-6-5-7-10-18)29-23-13-19(31-3)11-12-21(23)25/h5-7,9-13,15,17,20,24H,4,8,14,16,27H2,1-3H3,(H,28,33)/t17-,20-,24+/m1/s1. The third kappa shape index (κ3) is 5.48. The number of aromatic nitrogens is 1. The highest BCUT2D eigenvalue weighted by molar-refractivity contribution is 7.80. The summed E-state index contributed by atoms with van der Waals surface area (Å²) in [6.07, 6.45) is 3.18. The van der Waals surface area contributed by atoms with Crippen LogP contribution in [0.15, 0.2) is 54.6 Å². The molecule has 33 heavy (non-hydrogen) atoms. The predicted octanol–water partition coefficient (Wildman–Crippen LogP) is 4.39. The average molecular weight is 461 g/mol. The molecule has 172 valence electrons. The lowest BCUT2D eigenvalue weighted by molar-refractivity contribution is 0.218. The molecule has 1 aliphatic heterocycles. The van der Waals surface area contributed by atoms with Crippen molar-refractivity contribution in [1.82, 2.24) is 15.1 Å². The second-order valence-corrected chi connectivity index (χ2v) is 9.32. The molecule has 3 aromatic rings. The number of fused-ring (bicyclic) bond motifs is 1. The van der Waals surface area contributed by atoms with Gasteiger partial charge >= 0.3 is 0 Å². The van der Waals surface area contributed by atoms with Gasteiger partial charge in [0, 0.05) is 42.1 Å². The number of benzene rings is 2. The topological polar surface area (TPSA) is 46.6 Å². The first-order chi connectivity index (χ1) is 16.0. The zero-order chi connectivity index (χ0) is 23.4. The summed E-state index contributed by atoms with van der Waals surface area (Å²) in [7, 11) is 3.80. The minimum Gasteiger partial charge on any atom is -0.497 e. The molecule has 1 saturated heterocycles. The summed E-state index contributed by atoms with van der Waals surface area (Å²) in [6.45, 7) is 5.22. The summed E-state index contributed by atoms with van der Waals surface area (Å²) in [4.78, 5) is 8.11. The number of nitrogens with zero attached hydrogens (tertiary/aromatic N) is 2. The Kier molecular flexibility index (Phi) is 7.51. The first kappa shape index (κ1) is 23.5. The highest BCUT2D eigenvalue weighted by atomic mass is 32.1. The maximum Gasteiger partial charge on any atom is 0.186 e. The summed E-state index contributed by atoms with van der Waals surface area (Å²) >= 11 is 5.76. The third-order valence-electron chi connectivity index (χ3n) is 6.27. The van der Waals surface area contributed by atoms with Crippen molar-refractivity contribution in [2.75, 3.05) is 13.7 Å². The monoisotopic (exact) mass is 461 g/mol. The predicted molar refractivity (Wildman–Crippen MR) is 142 cm³/mol. The molecule has 0 spiro atoms. The molecule has 1 aromatic heterocycles. The lowest BCUT2D eigenvalue weighted by Gasteiger charge is -2.24. The summed E-state index contributed by atoms with van der Waals surface area (Å²) < 4.78 is 12.1. The number of rotatable bonds is 8. The second-order valence-electron chi connectivity index (χ2n) is 8.88. The van der Waals surface area contributed by atoms with E-state index in [1.807, 2.05) is 36.4 Å². The van der Waals surface area contributed by atoms with Crippen LogP contribution in [-0.2, 0) is 0 Å². The molecule has 0 radical (unpaired) electrons. The van der Waals surface area contributed by atoms with Crippen molar-refractivity contribution in [3.8, 4) is 22.8 Å². The van der Waals surface area contributed by atoms with E-state index in [9.17, 15) is 0 Å². The second kappa shape index (κ2) is 10.5. The maximum absolute atomic E-state index is 6.62. The quantitative estimate of drug-likeness (QED) is 0.397. The Balaban J connectivity index is 1.59. The van der Waals surface area contributed by atoms with E-state index >= 15 is 0 Å². The molecule has 5 nitrogen and oxygen atoms in total. The van der Waals surface area contributed by atoms with Crippen LogP contribution in [0.4, 0.5) is 0 Å². The van der Waals surface area contributed by atoms with E-state index in [1.54, 1.807) is 7.11 Å². The molecule has 2 aromatic carbocycles. The van der Waals surface area contributed by atoms with E-state index in [1.165, 1.54) is 0 Å². The van der Waals surface area contributed by atoms with Crippen LogP contribution in [0, 0.1) is 0 Å². The maximum atomic E-state index is 6.62. The molecule has 0 saturated carbocycles. The lowest BCUT2D eigenvalue weighted by Crippen LogP contribution is -2.44. The fourth-order valence-corrected chi connectivity index (χ4v) is 5.00. The van der Waals surface area contributed by atoms with Crippen molar-refractivity contribution in [1.29, 1.82) is 0 Å². The van der Waals surface area contributed by atoms with E-state index < -0.39 is 0 Å². The van der Waals surface area contributed by atoms with E-state index in [0.717, 1.165) is 64.5 Å². The SMILES string of the molecule is BN1C[C@H](Oc2cc(-c3ccccc3)nc3cc(OC)ccc23)C[C@H]1C(=S)N[C@H](C)CCC. The fraction of sp³-hybridized carbons (Fsp3) is 0.385. The highest BCUT2D eigenvalue weighted by Gasteiger charge is 2.34. The van der Waals surface area contributed by atoms with Gasteiger partial charge in [-0.25, -0.2) is 4.98 Å². The summed E-state index contributed by atoms with van der Waals surface area (Å²) in [5.74, 6) is 1.63. The van der Waals surface area contributed by atoms with Crippen LogP contribution in [0.1, 0.15) is 33.1 Å². The summed E-state index contributed by atoms with van der Waals surface area (Å²) in [5.41, 5.74) is 2.81. The molecule has 4 rings (SSSR count). The number of thiocarbonyl (C=S) groups is 1. The smallest absolute Gasteiger partial charge is 0.186 e. The molecule has 0 aliphatic carbocycles. The Morgan fingerprint density at radius 1 is 1.24 bits per heavy atom. The Morgan fingerprint density at radius 3 is 2.76 bits per heavy atom. The van der Waals surface area contributed by atoms with Crippen molar-refractivity contribution in [3.63, 3.8) is 0 Å². The van der Waals surface area contributed by atoms with Gasteiger partial charge in [-0.1, -0.05) is 55.9 Å². The minimum absolute atomic E-state index is 0.0533. The molecule has 0 bridgehead atoms. The average Bonchev–Trinajstić information content (AvgIpc) is 3.19. The van der Waals surface area contributed by atoms with Crippen LogP contribution in [0.3, 0.4) is 0 Å². The van der Waals surface area contributed by atoms with Crippen molar-refractivity contribution in [2.45, 2.75) is 51.3 Å². The van der Waals surface area contributed by atoms with Crippen LogP contribution in [-0.4, -0.2) is 54.6 Å². The lowest BCUT2D eigenvalue weighted by atomic mass is 10.1. The van der Waals surface area contributed by atoms with Gasteiger partial charge in [0.15, 0.2) is 7.98 Å². The van der Waals surface area contributed by atoms with Gasteiger partial charge in [0.25, 0.3) is 0 Å². The van der Waals surface area contributed by atoms with Gasteiger partial charge in [-0.3, -0.25) is 0 Å². The van der Waals surface area contributed by atoms with Crippen LogP contribution < -0.4 is 14.8 Å². The Morgan fingerprint density at radius 2 is 2.03 bits per heavy atom. The zero-order valence-corrected chi connectivity index (χ0v) is 20.7. The van der Waals surface area contributed by atoms with Crippen molar-refractivity contribution >= 4 is 36.1 Å². The molecule has 1 N–H and O–H groups in total. The highest BCUT2D eigenvalue weighted by Crippen LogP contribution is 2.34. The van der Waals surface area contributed by atoms with Crippen LogP contribution in [0.5, 0.6) is 11.5 Å². The Bertz CT molecular complexity index is 1110. The summed E-state index contributed by atoms with van der Waals surface area (Å²) in [6, 6.07) is 18.8. The third-order valence-corrected chi connectivity index (χ3v) is 6.66. The van der Waals surface area contributed by atoms with E-state index in [-0.39, 0.29) is 12.1 Å². The fourth-order valence-electron chi connectivity index (χ4n) is 4.53. The number of hydrogen-bond donors (Lipinski definition) is 1. The molecule has 7 heteroatoms.